The SMILES string of the molecule is CCCNCC(O)CN1CCN(C(C)C)C(=O)C1=O. The maximum Gasteiger partial charge on any atom is 0.312 e. The summed E-state index contributed by atoms with van der Waals surface area (Å²) in [6.45, 7) is 8.37. The fourth-order valence-electron chi connectivity index (χ4n) is 2.12. The smallest absolute Gasteiger partial charge is 0.312 e. The Bertz CT molecular complexity index is 320. The lowest BCUT2D eigenvalue weighted by Gasteiger charge is -2.36. The zero-order chi connectivity index (χ0) is 14.4. The molecule has 19 heavy (non-hydrogen) atoms. The van der Waals surface area contributed by atoms with Gasteiger partial charge in [0.1, 0.15) is 0 Å². The Hall–Kier alpha value is -1.14. The van der Waals surface area contributed by atoms with Crippen molar-refractivity contribution in [2.45, 2.75) is 39.3 Å². The molecular formula is C13H25N3O3. The van der Waals surface area contributed by atoms with Gasteiger partial charge < -0.3 is 20.2 Å². The number of amides is 2. The van der Waals surface area contributed by atoms with E-state index in [1.165, 1.54) is 4.90 Å². The zero-order valence-electron chi connectivity index (χ0n) is 12.1. The van der Waals surface area contributed by atoms with Gasteiger partial charge in [-0.3, -0.25) is 9.59 Å². The number of carbonyl (C=O) groups is 2. The molecule has 2 amide bonds. The van der Waals surface area contributed by atoms with E-state index in [0.717, 1.165) is 13.0 Å². The molecule has 6 heteroatoms. The summed E-state index contributed by atoms with van der Waals surface area (Å²) in [6.07, 6.45) is 0.367. The average molecular weight is 271 g/mol. The molecule has 1 unspecified atom stereocenters. The van der Waals surface area contributed by atoms with Gasteiger partial charge >= 0.3 is 11.8 Å². The van der Waals surface area contributed by atoms with Crippen molar-refractivity contribution in [3.05, 3.63) is 0 Å². The highest BCUT2D eigenvalue weighted by Crippen LogP contribution is 2.09. The fourth-order valence-corrected chi connectivity index (χ4v) is 2.12. The topological polar surface area (TPSA) is 72.9 Å². The van der Waals surface area contributed by atoms with Gasteiger partial charge in [-0.05, 0) is 26.8 Å². The number of hydrogen-bond donors (Lipinski definition) is 2. The molecule has 0 aromatic rings. The van der Waals surface area contributed by atoms with E-state index in [2.05, 4.69) is 5.32 Å². The minimum Gasteiger partial charge on any atom is -0.390 e. The Morgan fingerprint density at radius 3 is 2.53 bits per heavy atom. The number of aliphatic hydroxyl groups excluding tert-OH is 1. The summed E-state index contributed by atoms with van der Waals surface area (Å²) in [4.78, 5) is 26.8. The van der Waals surface area contributed by atoms with Crippen molar-refractivity contribution >= 4 is 11.8 Å². The lowest BCUT2D eigenvalue weighted by molar-refractivity contribution is -0.158. The third-order valence-corrected chi connectivity index (χ3v) is 3.20. The lowest BCUT2D eigenvalue weighted by atomic mass is 10.2. The second kappa shape index (κ2) is 7.45. The maximum absolute atomic E-state index is 11.9. The molecule has 1 aliphatic heterocycles. The monoisotopic (exact) mass is 271 g/mol. The van der Waals surface area contributed by atoms with Crippen LogP contribution < -0.4 is 5.32 Å². The molecule has 0 saturated carbocycles. The van der Waals surface area contributed by atoms with Gasteiger partial charge in [0.25, 0.3) is 0 Å². The summed E-state index contributed by atoms with van der Waals surface area (Å²) >= 11 is 0. The summed E-state index contributed by atoms with van der Waals surface area (Å²) < 4.78 is 0. The quantitative estimate of drug-likeness (QED) is 0.480. The minimum atomic E-state index is -0.631. The third kappa shape index (κ3) is 4.47. The predicted octanol–water partition coefficient (Wildman–Crippen LogP) is -0.574. The summed E-state index contributed by atoms with van der Waals surface area (Å²) in [6, 6.07) is 0.0368. The Morgan fingerprint density at radius 2 is 1.95 bits per heavy atom. The highest BCUT2D eigenvalue weighted by molar-refractivity contribution is 6.35. The zero-order valence-corrected chi connectivity index (χ0v) is 12.1. The number of carbonyl (C=O) groups excluding carboxylic acids is 2. The van der Waals surface area contributed by atoms with Gasteiger partial charge in [0, 0.05) is 32.2 Å². The van der Waals surface area contributed by atoms with Crippen LogP contribution in [0.1, 0.15) is 27.2 Å². The largest absolute Gasteiger partial charge is 0.390 e. The molecule has 1 aliphatic rings. The molecule has 1 atom stereocenters. The van der Waals surface area contributed by atoms with E-state index in [0.29, 0.717) is 19.6 Å². The maximum atomic E-state index is 11.9. The van der Waals surface area contributed by atoms with Gasteiger partial charge in [0.2, 0.25) is 0 Å². The van der Waals surface area contributed by atoms with Gasteiger partial charge in [-0.25, -0.2) is 0 Å². The molecule has 6 nitrogen and oxygen atoms in total. The molecular weight excluding hydrogens is 246 g/mol. The fraction of sp³-hybridized carbons (Fsp3) is 0.846. The molecule has 0 aromatic heterocycles. The van der Waals surface area contributed by atoms with E-state index in [1.807, 2.05) is 20.8 Å². The van der Waals surface area contributed by atoms with E-state index in [1.54, 1.807) is 4.90 Å². The van der Waals surface area contributed by atoms with Gasteiger partial charge in [-0.2, -0.15) is 0 Å². The Labute approximate surface area is 114 Å². The second-order valence-electron chi connectivity index (χ2n) is 5.20. The van der Waals surface area contributed by atoms with Crippen LogP contribution >= 0.6 is 0 Å². The van der Waals surface area contributed by atoms with Crippen LogP contribution in [0.4, 0.5) is 0 Å². The van der Waals surface area contributed by atoms with Crippen molar-refractivity contribution in [3.8, 4) is 0 Å². The molecule has 110 valence electrons. The van der Waals surface area contributed by atoms with Gasteiger partial charge in [-0.15, -0.1) is 0 Å². The molecule has 0 radical (unpaired) electrons. The molecule has 2 N–H and O–H groups in total. The van der Waals surface area contributed by atoms with E-state index < -0.39 is 17.9 Å². The number of nitrogens with one attached hydrogen (secondary N) is 1. The van der Waals surface area contributed by atoms with E-state index >= 15 is 0 Å². The van der Waals surface area contributed by atoms with Crippen LogP contribution in [0.2, 0.25) is 0 Å². The normalized spacial score (nSPS) is 18.4. The Morgan fingerprint density at radius 1 is 1.26 bits per heavy atom. The van der Waals surface area contributed by atoms with Crippen molar-refractivity contribution in [1.29, 1.82) is 0 Å². The molecule has 1 saturated heterocycles. The summed E-state index contributed by atoms with van der Waals surface area (Å²) in [7, 11) is 0. The van der Waals surface area contributed by atoms with E-state index in [-0.39, 0.29) is 12.6 Å². The number of piperazine rings is 1. The average Bonchev–Trinajstić information content (AvgIpc) is 2.35. The first-order valence-electron chi connectivity index (χ1n) is 6.96. The van der Waals surface area contributed by atoms with E-state index in [4.69, 9.17) is 0 Å². The first kappa shape index (κ1) is 15.9. The molecule has 1 heterocycles. The lowest BCUT2D eigenvalue weighted by Crippen LogP contribution is -2.58. The number of aliphatic hydroxyl groups is 1. The highest BCUT2D eigenvalue weighted by atomic mass is 16.3. The van der Waals surface area contributed by atoms with Gasteiger partial charge in [0.15, 0.2) is 0 Å². The van der Waals surface area contributed by atoms with Crippen LogP contribution in [0.15, 0.2) is 0 Å². The molecule has 0 aromatic carbocycles. The van der Waals surface area contributed by atoms with Crippen LogP contribution in [0.25, 0.3) is 0 Å². The van der Waals surface area contributed by atoms with Crippen LogP contribution in [-0.4, -0.2) is 71.6 Å². The number of rotatable bonds is 7. The summed E-state index contributed by atoms with van der Waals surface area (Å²) in [5.74, 6) is -0.968. The summed E-state index contributed by atoms with van der Waals surface area (Å²) in [5, 5.41) is 12.9. The van der Waals surface area contributed by atoms with Crippen LogP contribution in [-0.2, 0) is 9.59 Å². The second-order valence-corrected chi connectivity index (χ2v) is 5.20. The molecule has 0 spiro atoms. The third-order valence-electron chi connectivity index (χ3n) is 3.20. The molecule has 0 bridgehead atoms. The van der Waals surface area contributed by atoms with Crippen molar-refractivity contribution < 1.29 is 14.7 Å². The van der Waals surface area contributed by atoms with Gasteiger partial charge in [-0.1, -0.05) is 6.92 Å². The highest BCUT2D eigenvalue weighted by Gasteiger charge is 2.34. The molecule has 1 fully saturated rings. The van der Waals surface area contributed by atoms with Crippen LogP contribution in [0.3, 0.4) is 0 Å². The molecule has 0 aliphatic carbocycles. The van der Waals surface area contributed by atoms with Crippen LogP contribution in [0, 0.1) is 0 Å². The van der Waals surface area contributed by atoms with Crippen molar-refractivity contribution in [1.82, 2.24) is 15.1 Å². The standard InChI is InChI=1S/C13H25N3O3/c1-4-5-14-8-11(17)9-15-6-7-16(10(2)3)13(19)12(15)18/h10-11,14,17H,4-9H2,1-3H3. The van der Waals surface area contributed by atoms with Crippen molar-refractivity contribution in [2.75, 3.05) is 32.7 Å². The minimum absolute atomic E-state index is 0.0368. The first-order valence-corrected chi connectivity index (χ1v) is 6.96. The number of β-amino-alcohol motifs (C(OH)–C–C–N with tert-alkyl or cyclic N) is 1. The Kier molecular flexibility index (Phi) is 6.24. The van der Waals surface area contributed by atoms with Crippen molar-refractivity contribution in [3.63, 3.8) is 0 Å². The first-order chi connectivity index (χ1) is 8.97. The number of hydrogen-bond acceptors (Lipinski definition) is 4. The predicted molar refractivity (Wildman–Crippen MR) is 72.6 cm³/mol. The van der Waals surface area contributed by atoms with Crippen molar-refractivity contribution in [2.24, 2.45) is 0 Å². The Balaban J connectivity index is 2.44. The number of nitrogens with zero attached hydrogens (tertiary/aromatic N) is 2. The summed E-state index contributed by atoms with van der Waals surface area (Å²) in [5.41, 5.74) is 0. The van der Waals surface area contributed by atoms with E-state index in [9.17, 15) is 14.7 Å². The molecule has 1 rings (SSSR count). The van der Waals surface area contributed by atoms with Crippen LogP contribution in [0.5, 0.6) is 0 Å². The van der Waals surface area contributed by atoms with Gasteiger partial charge in [0.05, 0.1) is 6.10 Å².